The van der Waals surface area contributed by atoms with Crippen LogP contribution >= 0.6 is 0 Å². The first-order valence-electron chi connectivity index (χ1n) is 6.06. The average molecular weight is 239 g/mol. The molecule has 17 heavy (non-hydrogen) atoms. The van der Waals surface area contributed by atoms with Crippen LogP contribution in [0.15, 0.2) is 18.2 Å². The van der Waals surface area contributed by atoms with E-state index in [1.54, 1.807) is 0 Å². The molecular weight excluding hydrogens is 218 g/mol. The number of aliphatic hydroxyl groups excluding tert-OH is 1. The maximum atomic E-state index is 8.71. The summed E-state index contributed by atoms with van der Waals surface area (Å²) < 4.78 is 11.0. The van der Waals surface area contributed by atoms with Gasteiger partial charge in [0.2, 0.25) is 0 Å². The van der Waals surface area contributed by atoms with E-state index in [0.717, 1.165) is 30.2 Å². The summed E-state index contributed by atoms with van der Waals surface area (Å²) in [4.78, 5) is 0. The summed E-state index contributed by atoms with van der Waals surface area (Å²) in [5, 5.41) is 11.9. The van der Waals surface area contributed by atoms with E-state index in [0.29, 0.717) is 13.2 Å². The van der Waals surface area contributed by atoms with Crippen LogP contribution in [0.2, 0.25) is 0 Å². The lowest BCUT2D eigenvalue weighted by Crippen LogP contribution is -2.04. The van der Waals surface area contributed by atoms with E-state index in [9.17, 15) is 0 Å². The van der Waals surface area contributed by atoms with Crippen LogP contribution in [0, 0.1) is 0 Å². The van der Waals surface area contributed by atoms with Crippen LogP contribution in [0.1, 0.15) is 20.3 Å². The van der Waals surface area contributed by atoms with Crippen LogP contribution in [0.25, 0.3) is 0 Å². The molecule has 0 spiro atoms. The predicted molar refractivity (Wildman–Crippen MR) is 69.0 cm³/mol. The smallest absolute Gasteiger partial charge is 0.163 e. The molecule has 0 atom stereocenters. The monoisotopic (exact) mass is 239 g/mol. The zero-order valence-electron chi connectivity index (χ0n) is 10.5. The summed E-state index contributed by atoms with van der Waals surface area (Å²) in [7, 11) is 0. The fraction of sp³-hybridized carbons (Fsp3) is 0.538. The molecule has 0 amide bonds. The van der Waals surface area contributed by atoms with Crippen molar-refractivity contribution in [3.63, 3.8) is 0 Å². The molecule has 2 N–H and O–H groups in total. The van der Waals surface area contributed by atoms with Crippen LogP contribution in [0.4, 0.5) is 5.69 Å². The molecule has 0 saturated heterocycles. The highest BCUT2D eigenvalue weighted by Gasteiger charge is 2.05. The normalized spacial score (nSPS) is 10.1. The van der Waals surface area contributed by atoms with Gasteiger partial charge in [-0.1, -0.05) is 0 Å². The number of ether oxygens (including phenoxy) is 2. The van der Waals surface area contributed by atoms with Gasteiger partial charge in [0, 0.05) is 24.9 Å². The standard InChI is InChI=1S/C13H21NO3/c1-3-16-12-7-6-11(14-8-5-9-15)10-13(12)17-4-2/h6-7,10,14-15H,3-5,8-9H2,1-2H3. The number of aliphatic hydroxyl groups is 1. The third-order valence-electron chi connectivity index (χ3n) is 2.21. The molecule has 0 heterocycles. The Hall–Kier alpha value is -1.42. The number of hydrogen-bond donors (Lipinski definition) is 2. The lowest BCUT2D eigenvalue weighted by molar-refractivity contribution is 0.287. The molecule has 0 bridgehead atoms. The second-order valence-electron chi connectivity index (χ2n) is 3.53. The third-order valence-corrected chi connectivity index (χ3v) is 2.21. The van der Waals surface area contributed by atoms with E-state index in [1.807, 2.05) is 32.0 Å². The Balaban J connectivity index is 2.70. The van der Waals surface area contributed by atoms with Gasteiger partial charge in [-0.25, -0.2) is 0 Å². The number of rotatable bonds is 8. The fourth-order valence-electron chi connectivity index (χ4n) is 1.47. The highest BCUT2D eigenvalue weighted by molar-refractivity contribution is 5.54. The molecule has 4 heteroatoms. The third kappa shape index (κ3) is 4.53. The fourth-order valence-corrected chi connectivity index (χ4v) is 1.47. The molecule has 0 fully saturated rings. The maximum Gasteiger partial charge on any atom is 0.163 e. The van der Waals surface area contributed by atoms with Gasteiger partial charge in [-0.05, 0) is 32.4 Å². The first kappa shape index (κ1) is 13.6. The Kier molecular flexibility index (Phi) is 6.25. The molecule has 0 saturated carbocycles. The molecule has 1 rings (SSSR count). The zero-order valence-corrected chi connectivity index (χ0v) is 10.5. The topological polar surface area (TPSA) is 50.7 Å². The quantitative estimate of drug-likeness (QED) is 0.683. The Labute approximate surface area is 103 Å². The Bertz CT molecular complexity index is 328. The summed E-state index contributed by atoms with van der Waals surface area (Å²) in [6.07, 6.45) is 0.733. The molecular formula is C13H21NO3. The summed E-state index contributed by atoms with van der Waals surface area (Å²) in [6, 6.07) is 5.77. The molecule has 0 aromatic heterocycles. The lowest BCUT2D eigenvalue weighted by Gasteiger charge is -2.13. The Morgan fingerprint density at radius 2 is 1.82 bits per heavy atom. The van der Waals surface area contributed by atoms with Gasteiger partial charge in [0.1, 0.15) is 0 Å². The minimum absolute atomic E-state index is 0.197. The van der Waals surface area contributed by atoms with E-state index in [-0.39, 0.29) is 6.61 Å². The molecule has 4 nitrogen and oxygen atoms in total. The van der Waals surface area contributed by atoms with Gasteiger partial charge >= 0.3 is 0 Å². The van der Waals surface area contributed by atoms with Gasteiger partial charge in [0.05, 0.1) is 13.2 Å². The van der Waals surface area contributed by atoms with Crippen LogP contribution in [0.3, 0.4) is 0 Å². The second kappa shape index (κ2) is 7.79. The number of benzene rings is 1. The van der Waals surface area contributed by atoms with Gasteiger partial charge in [-0.3, -0.25) is 0 Å². The molecule has 1 aromatic carbocycles. The lowest BCUT2D eigenvalue weighted by atomic mass is 10.2. The first-order chi connectivity index (χ1) is 8.31. The van der Waals surface area contributed by atoms with E-state index in [2.05, 4.69) is 5.32 Å². The minimum Gasteiger partial charge on any atom is -0.490 e. The number of hydrogen-bond acceptors (Lipinski definition) is 4. The van der Waals surface area contributed by atoms with Crippen molar-refractivity contribution >= 4 is 5.69 Å². The first-order valence-corrected chi connectivity index (χ1v) is 6.06. The van der Waals surface area contributed by atoms with Crippen LogP contribution in [-0.2, 0) is 0 Å². The van der Waals surface area contributed by atoms with Gasteiger partial charge in [0.25, 0.3) is 0 Å². The average Bonchev–Trinajstić information content (AvgIpc) is 2.33. The SMILES string of the molecule is CCOc1ccc(NCCCO)cc1OCC. The summed E-state index contributed by atoms with van der Waals surface area (Å²) in [6.45, 7) is 6.07. The van der Waals surface area contributed by atoms with Crippen molar-refractivity contribution in [1.82, 2.24) is 0 Å². The van der Waals surface area contributed by atoms with Crippen molar-refractivity contribution in [2.75, 3.05) is 31.7 Å². The van der Waals surface area contributed by atoms with Crippen molar-refractivity contribution in [2.45, 2.75) is 20.3 Å². The molecule has 0 unspecified atom stereocenters. The molecule has 0 aliphatic carbocycles. The number of nitrogens with one attached hydrogen (secondary N) is 1. The highest BCUT2D eigenvalue weighted by atomic mass is 16.5. The number of anilines is 1. The van der Waals surface area contributed by atoms with Crippen molar-refractivity contribution < 1.29 is 14.6 Å². The molecule has 0 aliphatic rings. The second-order valence-corrected chi connectivity index (χ2v) is 3.53. The molecule has 0 radical (unpaired) electrons. The van der Waals surface area contributed by atoms with Crippen molar-refractivity contribution in [3.05, 3.63) is 18.2 Å². The van der Waals surface area contributed by atoms with Gasteiger partial charge in [0.15, 0.2) is 11.5 Å². The Morgan fingerprint density at radius 3 is 2.47 bits per heavy atom. The molecule has 0 aliphatic heterocycles. The van der Waals surface area contributed by atoms with E-state index < -0.39 is 0 Å². The predicted octanol–water partition coefficient (Wildman–Crippen LogP) is 2.28. The van der Waals surface area contributed by atoms with E-state index in [4.69, 9.17) is 14.6 Å². The molecule has 96 valence electrons. The van der Waals surface area contributed by atoms with Crippen molar-refractivity contribution in [2.24, 2.45) is 0 Å². The van der Waals surface area contributed by atoms with Crippen LogP contribution in [-0.4, -0.2) is 31.5 Å². The Morgan fingerprint density at radius 1 is 1.12 bits per heavy atom. The summed E-state index contributed by atoms with van der Waals surface area (Å²) in [5.41, 5.74) is 0.977. The van der Waals surface area contributed by atoms with Crippen molar-refractivity contribution in [3.8, 4) is 11.5 Å². The summed E-state index contributed by atoms with van der Waals surface area (Å²) in [5.74, 6) is 1.52. The highest BCUT2D eigenvalue weighted by Crippen LogP contribution is 2.30. The zero-order chi connectivity index (χ0) is 12.5. The summed E-state index contributed by atoms with van der Waals surface area (Å²) >= 11 is 0. The molecule has 1 aromatic rings. The van der Waals surface area contributed by atoms with E-state index in [1.165, 1.54) is 0 Å². The van der Waals surface area contributed by atoms with Gasteiger partial charge < -0.3 is 19.9 Å². The van der Waals surface area contributed by atoms with Crippen molar-refractivity contribution in [1.29, 1.82) is 0 Å². The van der Waals surface area contributed by atoms with E-state index >= 15 is 0 Å². The minimum atomic E-state index is 0.197. The van der Waals surface area contributed by atoms with Gasteiger partial charge in [-0.15, -0.1) is 0 Å². The largest absolute Gasteiger partial charge is 0.490 e. The van der Waals surface area contributed by atoms with Crippen LogP contribution < -0.4 is 14.8 Å². The van der Waals surface area contributed by atoms with Crippen LogP contribution in [0.5, 0.6) is 11.5 Å². The van der Waals surface area contributed by atoms with Gasteiger partial charge in [-0.2, -0.15) is 0 Å². The maximum absolute atomic E-state index is 8.71.